The summed E-state index contributed by atoms with van der Waals surface area (Å²) < 4.78 is 3.93. The van der Waals surface area contributed by atoms with Gasteiger partial charge in [0.2, 0.25) is 5.91 Å². The number of carboxylic acid groups (broad SMARTS) is 1. The first kappa shape index (κ1) is 14.0. The van der Waals surface area contributed by atoms with Crippen molar-refractivity contribution in [3.63, 3.8) is 0 Å². The molecule has 1 aromatic heterocycles. The zero-order valence-corrected chi connectivity index (χ0v) is 11.5. The maximum atomic E-state index is 11.8. The van der Waals surface area contributed by atoms with Gasteiger partial charge in [-0.2, -0.15) is 4.37 Å². The van der Waals surface area contributed by atoms with Gasteiger partial charge in [-0.1, -0.05) is 18.2 Å². The fraction of sp³-hybridized carbons (Fsp3) is 0.154. The molecule has 0 atom stereocenters. The fourth-order valence-corrected chi connectivity index (χ4v) is 2.42. The third-order valence-electron chi connectivity index (χ3n) is 2.56. The van der Waals surface area contributed by atoms with Crippen molar-refractivity contribution in [1.29, 1.82) is 0 Å². The molecule has 0 unspecified atom stereocenters. The number of anilines is 2. The highest BCUT2D eigenvalue weighted by Gasteiger charge is 2.18. The molecule has 0 bridgehead atoms. The fourth-order valence-electron chi connectivity index (χ4n) is 1.62. The predicted molar refractivity (Wildman–Crippen MR) is 77.4 cm³/mol. The minimum atomic E-state index is -1.09. The average Bonchev–Trinajstić information content (AvgIpc) is 2.78. The van der Waals surface area contributed by atoms with Gasteiger partial charge in [-0.3, -0.25) is 4.79 Å². The van der Waals surface area contributed by atoms with Crippen LogP contribution < -0.4 is 10.6 Å². The second-order valence-electron chi connectivity index (χ2n) is 4.05. The van der Waals surface area contributed by atoms with E-state index in [4.69, 9.17) is 5.11 Å². The number of carboxylic acids is 1. The normalized spacial score (nSPS) is 10.1. The molecule has 104 valence electrons. The maximum absolute atomic E-state index is 11.8. The summed E-state index contributed by atoms with van der Waals surface area (Å²) in [6, 6.07) is 9.27. The summed E-state index contributed by atoms with van der Waals surface area (Å²) in [5.41, 5.74) is 1.26. The second kappa shape index (κ2) is 6.16. The quantitative estimate of drug-likeness (QED) is 0.785. The standard InChI is InChI=1S/C13H13N3O3S/c1-8-11(13(18)19)12(20-16-8)15-10(17)7-14-9-5-3-2-4-6-9/h2-6,14H,7H2,1H3,(H,15,17)(H,18,19). The van der Waals surface area contributed by atoms with E-state index >= 15 is 0 Å². The van der Waals surface area contributed by atoms with Crippen LogP contribution in [0.2, 0.25) is 0 Å². The number of hydrogen-bond donors (Lipinski definition) is 3. The second-order valence-corrected chi connectivity index (χ2v) is 4.82. The van der Waals surface area contributed by atoms with E-state index < -0.39 is 5.97 Å². The van der Waals surface area contributed by atoms with E-state index in [1.54, 1.807) is 6.92 Å². The number of carbonyl (C=O) groups is 2. The number of aromatic carboxylic acids is 1. The van der Waals surface area contributed by atoms with Crippen LogP contribution in [0.5, 0.6) is 0 Å². The van der Waals surface area contributed by atoms with Gasteiger partial charge in [-0.25, -0.2) is 4.79 Å². The highest BCUT2D eigenvalue weighted by molar-refractivity contribution is 7.11. The number of rotatable bonds is 5. The Labute approximate surface area is 119 Å². The molecule has 0 aliphatic carbocycles. The van der Waals surface area contributed by atoms with Crippen LogP contribution in [0.15, 0.2) is 30.3 Å². The van der Waals surface area contributed by atoms with Crippen molar-refractivity contribution in [2.75, 3.05) is 17.2 Å². The summed E-state index contributed by atoms with van der Waals surface area (Å²) in [6.45, 7) is 1.65. The molecule has 1 aromatic carbocycles. The van der Waals surface area contributed by atoms with Gasteiger partial charge in [-0.15, -0.1) is 0 Å². The molecule has 3 N–H and O–H groups in total. The van der Waals surface area contributed by atoms with Gasteiger partial charge in [0.15, 0.2) is 0 Å². The van der Waals surface area contributed by atoms with Gasteiger partial charge in [0.1, 0.15) is 10.6 Å². The minimum absolute atomic E-state index is 0.0445. The van der Waals surface area contributed by atoms with Crippen molar-refractivity contribution in [3.05, 3.63) is 41.6 Å². The molecule has 0 fully saturated rings. The zero-order chi connectivity index (χ0) is 14.5. The lowest BCUT2D eigenvalue weighted by Gasteiger charge is -2.06. The molecule has 6 nitrogen and oxygen atoms in total. The smallest absolute Gasteiger partial charge is 0.340 e. The van der Waals surface area contributed by atoms with Gasteiger partial charge in [0.05, 0.1) is 12.2 Å². The molecule has 0 aliphatic rings. The van der Waals surface area contributed by atoms with Crippen molar-refractivity contribution >= 4 is 34.1 Å². The molecule has 0 radical (unpaired) electrons. The monoisotopic (exact) mass is 291 g/mol. The van der Waals surface area contributed by atoms with Gasteiger partial charge < -0.3 is 15.7 Å². The first-order valence-electron chi connectivity index (χ1n) is 5.86. The molecule has 0 saturated heterocycles. The molecule has 2 aromatic rings. The molecule has 2 rings (SSSR count). The molecule has 0 spiro atoms. The van der Waals surface area contributed by atoms with Gasteiger partial charge >= 0.3 is 5.97 Å². The van der Waals surface area contributed by atoms with Crippen molar-refractivity contribution in [1.82, 2.24) is 4.37 Å². The van der Waals surface area contributed by atoms with E-state index in [2.05, 4.69) is 15.0 Å². The highest BCUT2D eigenvalue weighted by Crippen LogP contribution is 2.24. The van der Waals surface area contributed by atoms with Crippen LogP contribution in [0.25, 0.3) is 0 Å². The summed E-state index contributed by atoms with van der Waals surface area (Å²) in [4.78, 5) is 22.8. The Hall–Kier alpha value is -2.41. The number of carbonyl (C=O) groups excluding carboxylic acids is 1. The third kappa shape index (κ3) is 3.33. The Morgan fingerprint density at radius 1 is 1.30 bits per heavy atom. The van der Waals surface area contributed by atoms with Crippen LogP contribution in [0.1, 0.15) is 16.1 Å². The van der Waals surface area contributed by atoms with E-state index in [-0.39, 0.29) is 23.0 Å². The summed E-state index contributed by atoms with van der Waals surface area (Å²) in [5, 5.41) is 14.8. The number of benzene rings is 1. The summed E-state index contributed by atoms with van der Waals surface area (Å²) in [7, 11) is 0. The average molecular weight is 291 g/mol. The zero-order valence-electron chi connectivity index (χ0n) is 10.7. The van der Waals surface area contributed by atoms with Crippen LogP contribution in [-0.4, -0.2) is 27.9 Å². The van der Waals surface area contributed by atoms with E-state index in [0.717, 1.165) is 17.2 Å². The van der Waals surface area contributed by atoms with Gasteiger partial charge in [0.25, 0.3) is 0 Å². The van der Waals surface area contributed by atoms with Crippen LogP contribution >= 0.6 is 11.5 Å². The highest BCUT2D eigenvalue weighted by atomic mass is 32.1. The lowest BCUT2D eigenvalue weighted by molar-refractivity contribution is -0.114. The largest absolute Gasteiger partial charge is 0.478 e. The topological polar surface area (TPSA) is 91.3 Å². The van der Waals surface area contributed by atoms with E-state index in [1.807, 2.05) is 30.3 Å². The van der Waals surface area contributed by atoms with E-state index in [1.165, 1.54) is 0 Å². The number of amides is 1. The van der Waals surface area contributed by atoms with Crippen LogP contribution in [0, 0.1) is 6.92 Å². The number of nitrogens with one attached hydrogen (secondary N) is 2. The van der Waals surface area contributed by atoms with Crippen LogP contribution in [-0.2, 0) is 4.79 Å². The Morgan fingerprint density at radius 2 is 2.00 bits per heavy atom. The Kier molecular flexibility index (Phi) is 4.31. The molecule has 7 heteroatoms. The van der Waals surface area contributed by atoms with Crippen LogP contribution in [0.4, 0.5) is 10.7 Å². The molecule has 0 saturated carbocycles. The molecule has 1 heterocycles. The first-order valence-corrected chi connectivity index (χ1v) is 6.63. The first-order chi connectivity index (χ1) is 9.58. The lowest BCUT2D eigenvalue weighted by atomic mass is 10.2. The van der Waals surface area contributed by atoms with Crippen molar-refractivity contribution in [3.8, 4) is 0 Å². The molecule has 20 heavy (non-hydrogen) atoms. The van der Waals surface area contributed by atoms with Crippen molar-refractivity contribution in [2.24, 2.45) is 0 Å². The summed E-state index contributed by atoms with van der Waals surface area (Å²) in [5.74, 6) is -1.41. The minimum Gasteiger partial charge on any atom is -0.478 e. The van der Waals surface area contributed by atoms with E-state index in [0.29, 0.717) is 5.69 Å². The Morgan fingerprint density at radius 3 is 2.65 bits per heavy atom. The molecular weight excluding hydrogens is 278 g/mol. The van der Waals surface area contributed by atoms with E-state index in [9.17, 15) is 9.59 Å². The molecular formula is C13H13N3O3S. The third-order valence-corrected chi connectivity index (χ3v) is 3.41. The van der Waals surface area contributed by atoms with Crippen LogP contribution in [0.3, 0.4) is 0 Å². The Balaban J connectivity index is 1.97. The molecule has 0 aliphatic heterocycles. The lowest BCUT2D eigenvalue weighted by Crippen LogP contribution is -2.22. The molecule has 1 amide bonds. The van der Waals surface area contributed by atoms with Gasteiger partial charge in [-0.05, 0) is 30.6 Å². The summed E-state index contributed by atoms with van der Waals surface area (Å²) in [6.07, 6.45) is 0. The number of para-hydroxylation sites is 1. The summed E-state index contributed by atoms with van der Waals surface area (Å²) >= 11 is 0.964. The number of aromatic nitrogens is 1. The van der Waals surface area contributed by atoms with Crippen molar-refractivity contribution < 1.29 is 14.7 Å². The maximum Gasteiger partial charge on any atom is 0.340 e. The Bertz CT molecular complexity index is 625. The number of aryl methyl sites for hydroxylation is 1. The predicted octanol–water partition coefficient (Wildman–Crippen LogP) is 2.20. The number of nitrogens with zero attached hydrogens (tertiary/aromatic N) is 1. The number of hydrogen-bond acceptors (Lipinski definition) is 5. The van der Waals surface area contributed by atoms with Crippen molar-refractivity contribution in [2.45, 2.75) is 6.92 Å². The van der Waals surface area contributed by atoms with Gasteiger partial charge in [0, 0.05) is 5.69 Å². The SMILES string of the molecule is Cc1nsc(NC(=O)CNc2ccccc2)c1C(=O)O.